The first-order chi connectivity index (χ1) is 33.9. The van der Waals surface area contributed by atoms with E-state index in [0.29, 0.717) is 28.2 Å². The number of pyridine rings is 1. The lowest BCUT2D eigenvalue weighted by molar-refractivity contribution is -0.571. The van der Waals surface area contributed by atoms with Crippen molar-refractivity contribution >= 4 is 32.8 Å². The zero-order valence-electron chi connectivity index (χ0n) is 44.2. The molecule has 0 bridgehead atoms. The van der Waals surface area contributed by atoms with E-state index >= 15 is 0 Å². The van der Waals surface area contributed by atoms with Crippen molar-refractivity contribution < 1.29 is 23.0 Å². The topological polar surface area (TPSA) is 35.9 Å². The maximum atomic E-state index is 9.02. The summed E-state index contributed by atoms with van der Waals surface area (Å²) in [6.07, 6.45) is 7.69. The van der Waals surface area contributed by atoms with Crippen LogP contribution in [0.2, 0.25) is 0 Å². The van der Waals surface area contributed by atoms with Gasteiger partial charge in [0.2, 0.25) is 0 Å². The van der Waals surface area contributed by atoms with Gasteiger partial charge in [-0.25, -0.2) is 4.98 Å². The van der Waals surface area contributed by atoms with E-state index in [9.17, 15) is 0 Å². The van der Waals surface area contributed by atoms with Crippen LogP contribution in [0.15, 0.2) is 182 Å². The van der Waals surface area contributed by atoms with Crippen LogP contribution in [0.4, 0.5) is 0 Å². The number of imidazole rings is 1. The van der Waals surface area contributed by atoms with Crippen molar-refractivity contribution in [2.45, 2.75) is 51.4 Å². The molecule has 61 heavy (non-hydrogen) atoms. The van der Waals surface area contributed by atoms with E-state index in [4.69, 9.17) is 23.4 Å². The smallest absolute Gasteiger partial charge is 0.269 e. The molecule has 11 rings (SSSR count). The van der Waals surface area contributed by atoms with Gasteiger partial charge in [0.15, 0.2) is 0 Å². The van der Waals surface area contributed by atoms with Crippen molar-refractivity contribution in [1.29, 1.82) is 0 Å². The first kappa shape index (κ1) is 27.5. The van der Waals surface area contributed by atoms with Crippen LogP contribution in [0.1, 0.15) is 65.4 Å². The molecule has 10 aromatic rings. The van der Waals surface area contributed by atoms with Crippen molar-refractivity contribution in [3.8, 4) is 50.9 Å². The molecule has 0 saturated carbocycles. The van der Waals surface area contributed by atoms with Gasteiger partial charge in [-0.05, 0) is 99.5 Å². The highest BCUT2D eigenvalue weighted by atomic mass is 16.5. The predicted octanol–water partition coefficient (Wildman–Crippen LogP) is 13.7. The van der Waals surface area contributed by atoms with E-state index in [1.807, 2.05) is 72.8 Å². The second kappa shape index (κ2) is 14.2. The van der Waals surface area contributed by atoms with Crippen LogP contribution in [0.25, 0.3) is 72.3 Å². The lowest BCUT2D eigenvalue weighted by Crippen LogP contribution is -2.34. The van der Waals surface area contributed by atoms with E-state index in [2.05, 4.69) is 69.1 Å². The Balaban J connectivity index is 1.07. The Morgan fingerprint density at radius 1 is 0.607 bits per heavy atom. The minimum Gasteiger partial charge on any atom is -0.458 e. The van der Waals surface area contributed by atoms with Gasteiger partial charge >= 0.3 is 0 Å². The molecule has 7 aromatic carbocycles. The van der Waals surface area contributed by atoms with Crippen LogP contribution in [0, 0.1) is 6.33 Å². The fraction of sp³-hybridized carbons (Fsp3) is 0.143. The van der Waals surface area contributed by atoms with Crippen LogP contribution >= 0.6 is 0 Å². The Bertz CT molecular complexity index is 3750. The summed E-state index contributed by atoms with van der Waals surface area (Å²) in [6, 6.07) is 31.2. The van der Waals surface area contributed by atoms with Crippen LogP contribution < -0.4 is 9.30 Å². The molecule has 5 nitrogen and oxygen atoms in total. The summed E-state index contributed by atoms with van der Waals surface area (Å²) in [4.78, 5) is 5.12. The lowest BCUT2D eigenvalue weighted by Gasteiger charge is -2.41. The van der Waals surface area contributed by atoms with Crippen LogP contribution in [0.3, 0.4) is 0 Å². The SMILES string of the molecule is [2H]c1c([2H])c([2H])c(-c2cccc(-c3c([2H])c([2H])c([2H])c([2H])c3[2H])c2-[n+]2[c-]n(-c3cccc(Oc4ccc5c6ccccc6n(-c6cc7c(cn6)C(C)(C)CCC7(C)C)c5c4)c3)c3ccccc32)c([2H])c1[2H]. The number of benzene rings is 7. The number of hydrogen-bond acceptors (Lipinski definition) is 2. The number of rotatable bonds is 7. The van der Waals surface area contributed by atoms with Crippen LogP contribution in [-0.2, 0) is 10.8 Å². The predicted molar refractivity (Wildman–Crippen MR) is 248 cm³/mol. The molecule has 0 aliphatic heterocycles. The Morgan fingerprint density at radius 3 is 1.97 bits per heavy atom. The molecule has 0 amide bonds. The van der Waals surface area contributed by atoms with Crippen molar-refractivity contribution in [3.63, 3.8) is 0 Å². The number of para-hydroxylation sites is 4. The lowest BCUT2D eigenvalue weighted by atomic mass is 9.64. The van der Waals surface area contributed by atoms with Gasteiger partial charge < -0.3 is 4.74 Å². The first-order valence-corrected chi connectivity index (χ1v) is 20.4. The number of nitrogens with zero attached hydrogens (tertiary/aromatic N) is 4. The molecule has 0 saturated heterocycles. The van der Waals surface area contributed by atoms with Gasteiger partial charge in [-0.15, -0.1) is 0 Å². The van der Waals surface area contributed by atoms with E-state index in [-0.39, 0.29) is 38.8 Å². The van der Waals surface area contributed by atoms with Crippen molar-refractivity contribution in [1.82, 2.24) is 14.1 Å². The van der Waals surface area contributed by atoms with E-state index in [0.717, 1.165) is 40.5 Å². The molecule has 0 radical (unpaired) electrons. The van der Waals surface area contributed by atoms with Crippen molar-refractivity contribution in [3.05, 3.63) is 199 Å². The zero-order chi connectivity index (χ0) is 50.0. The fourth-order valence-corrected chi connectivity index (χ4v) is 9.02. The third-order valence-electron chi connectivity index (χ3n) is 12.3. The van der Waals surface area contributed by atoms with Crippen LogP contribution in [0.5, 0.6) is 11.5 Å². The molecule has 0 atom stereocenters. The Hall–Kier alpha value is -7.24. The second-order valence-electron chi connectivity index (χ2n) is 16.9. The molecule has 296 valence electrons. The summed E-state index contributed by atoms with van der Waals surface area (Å²) < 4.78 is 99.4. The van der Waals surface area contributed by atoms with E-state index in [1.54, 1.807) is 27.3 Å². The molecule has 3 heterocycles. The second-order valence-corrected chi connectivity index (χ2v) is 16.9. The molecule has 5 heteroatoms. The Labute approximate surface area is 370 Å². The standard InChI is InChI=1S/C56H46N4O/c1-55(2)31-32-56(3,4)48-36-57-53(35-47(48)55)60-49-26-12-11-23-45(49)46-30-29-42(34-52(46)60)61-41-22-15-21-40(33-41)58-37-59(51-28-14-13-27-50(51)58)54-43(38-17-7-5-8-18-38)24-16-25-44(54)39-19-9-6-10-20-39/h5-30,33-36H,31-32H2,1-4H3/i5D,6D,7D,8D,9D,10D,17D,18D,19D,20D. The molecular formula is C56H46N4O. The van der Waals surface area contributed by atoms with Gasteiger partial charge in [0, 0.05) is 23.0 Å². The average molecular weight is 801 g/mol. The van der Waals surface area contributed by atoms with Gasteiger partial charge in [0.25, 0.3) is 6.33 Å². The fourth-order valence-electron chi connectivity index (χ4n) is 9.02. The molecule has 0 unspecified atom stereocenters. The number of aromatic nitrogens is 4. The van der Waals surface area contributed by atoms with E-state index in [1.165, 1.54) is 11.1 Å². The minimum atomic E-state index is -0.563. The highest BCUT2D eigenvalue weighted by molar-refractivity contribution is 6.09. The molecule has 0 fully saturated rings. The third kappa shape index (κ3) is 6.23. The molecule has 3 aromatic heterocycles. The normalized spacial score (nSPS) is 16.7. The monoisotopic (exact) mass is 800 g/mol. The Morgan fingerprint density at radius 2 is 1.23 bits per heavy atom. The van der Waals surface area contributed by atoms with Crippen molar-refractivity contribution in [2.24, 2.45) is 0 Å². The summed E-state index contributed by atoms with van der Waals surface area (Å²) in [7, 11) is 0. The van der Waals surface area contributed by atoms with E-state index < -0.39 is 60.4 Å². The molecule has 0 N–H and O–H groups in total. The van der Waals surface area contributed by atoms with Gasteiger partial charge in [0.1, 0.15) is 17.3 Å². The molecule has 1 aliphatic rings. The minimum absolute atomic E-state index is 0.0112. The highest BCUT2D eigenvalue weighted by Gasteiger charge is 2.37. The summed E-state index contributed by atoms with van der Waals surface area (Å²) in [5.41, 5.74) is 6.72. The van der Waals surface area contributed by atoms with Crippen LogP contribution in [-0.4, -0.2) is 14.1 Å². The summed E-state index contributed by atoms with van der Waals surface area (Å²) in [5.74, 6) is 1.97. The summed E-state index contributed by atoms with van der Waals surface area (Å²) in [6.45, 7) is 9.23. The van der Waals surface area contributed by atoms with Gasteiger partial charge in [-0.2, -0.15) is 0 Å². The summed E-state index contributed by atoms with van der Waals surface area (Å²) in [5, 5.41) is 2.16. The number of hydrogen-bond donors (Lipinski definition) is 0. The maximum Gasteiger partial charge on any atom is 0.269 e. The summed E-state index contributed by atoms with van der Waals surface area (Å²) >= 11 is 0. The maximum absolute atomic E-state index is 9.02. The number of ether oxygens (including phenoxy) is 1. The third-order valence-corrected chi connectivity index (χ3v) is 12.3. The molecule has 1 aliphatic carbocycles. The average Bonchev–Trinajstić information content (AvgIpc) is 3.91. The largest absolute Gasteiger partial charge is 0.458 e. The van der Waals surface area contributed by atoms with Gasteiger partial charge in [-0.3, -0.25) is 13.7 Å². The molecular weight excluding hydrogens is 745 g/mol. The van der Waals surface area contributed by atoms with Gasteiger partial charge in [0.05, 0.1) is 47.1 Å². The zero-order valence-corrected chi connectivity index (χ0v) is 34.2. The number of fused-ring (bicyclic) bond motifs is 5. The molecule has 0 spiro atoms. The highest BCUT2D eigenvalue weighted by Crippen LogP contribution is 2.46. The van der Waals surface area contributed by atoms with Gasteiger partial charge in [-0.1, -0.05) is 155 Å². The Kier molecular flexibility index (Phi) is 6.40. The quantitative estimate of drug-likeness (QED) is 0.119. The van der Waals surface area contributed by atoms with Crippen molar-refractivity contribution in [2.75, 3.05) is 0 Å². The first-order valence-electron chi connectivity index (χ1n) is 25.4.